The molecule has 0 spiro atoms. The summed E-state index contributed by atoms with van der Waals surface area (Å²) in [6, 6.07) is 5.38. The molecule has 6 atom stereocenters. The molecule has 7 rings (SSSR count). The van der Waals surface area contributed by atoms with Crippen LogP contribution in [-0.4, -0.2) is 46.1 Å². The van der Waals surface area contributed by atoms with Gasteiger partial charge in [0, 0.05) is 36.3 Å². The third-order valence-corrected chi connectivity index (χ3v) is 15.7. The normalized spacial score (nSPS) is 46.5. The Hall–Kier alpha value is -0.0800. The lowest BCUT2D eigenvalue weighted by molar-refractivity contribution is -0.156. The van der Waals surface area contributed by atoms with E-state index in [9.17, 15) is 0 Å². The first-order valence-corrected chi connectivity index (χ1v) is 21.0. The van der Waals surface area contributed by atoms with Crippen molar-refractivity contribution < 1.29 is 0 Å². The van der Waals surface area contributed by atoms with Gasteiger partial charge in [0.05, 0.1) is 0 Å². The van der Waals surface area contributed by atoms with Crippen molar-refractivity contribution in [3.05, 3.63) is 0 Å². The molecule has 0 saturated heterocycles. The zero-order valence-electron chi connectivity index (χ0n) is 29.9. The largest absolute Gasteiger partial charge is 0.294 e. The summed E-state index contributed by atoms with van der Waals surface area (Å²) in [6.45, 7) is 10.4. The first-order valence-electron chi connectivity index (χ1n) is 21.0. The Morgan fingerprint density at radius 2 is 0.614 bits per heavy atom. The van der Waals surface area contributed by atoms with Crippen LogP contribution in [0.15, 0.2) is 0 Å². The molecule has 0 radical (unpaired) electrons. The summed E-state index contributed by atoms with van der Waals surface area (Å²) < 4.78 is 0. The van der Waals surface area contributed by atoms with E-state index in [0.717, 1.165) is 83.6 Å². The van der Waals surface area contributed by atoms with E-state index in [1.807, 2.05) is 0 Å². The number of rotatable bonds is 6. The summed E-state index contributed by atoms with van der Waals surface area (Å²) in [5.41, 5.74) is 0. The fourth-order valence-electron chi connectivity index (χ4n) is 13.5. The molecule has 0 aliphatic heterocycles. The van der Waals surface area contributed by atoms with E-state index in [1.54, 1.807) is 25.7 Å². The van der Waals surface area contributed by atoms with Gasteiger partial charge in [0.2, 0.25) is 0 Å². The molecule has 2 nitrogen and oxygen atoms in total. The highest BCUT2D eigenvalue weighted by molar-refractivity contribution is 5.11. The molecule has 44 heavy (non-hydrogen) atoms. The smallest absolute Gasteiger partial charge is 0.0164 e. The standard InChI is InChI=1S/C42H74N2/c1-29-15-21-35(22-16-29)43(33-11-7-5-8-12-33)41-37-25-19-31(3)27-39(37)42(40-28-32(4)20-26-38(40)41)44(34-13-9-6-10-14-34)36-23-17-30(2)18-24-36/h29-42H,5-28H2,1-4H3. The lowest BCUT2D eigenvalue weighted by atomic mass is 9.51. The summed E-state index contributed by atoms with van der Waals surface area (Å²) in [7, 11) is 0. The molecule has 0 N–H and O–H groups in total. The van der Waals surface area contributed by atoms with Gasteiger partial charge in [-0.3, -0.25) is 9.80 Å². The van der Waals surface area contributed by atoms with Gasteiger partial charge in [-0.15, -0.1) is 0 Å². The van der Waals surface area contributed by atoms with Gasteiger partial charge < -0.3 is 0 Å². The SMILES string of the molecule is CC1CCC(N(C2CCCCC2)C2C3CCC(C)CC3C(N(C3CCCCC3)C3CCC(C)CC3)C3CC(C)CCC32)CC1. The minimum absolute atomic E-state index is 0.890. The van der Waals surface area contributed by atoms with Crippen molar-refractivity contribution in [2.45, 2.75) is 218 Å². The van der Waals surface area contributed by atoms with Gasteiger partial charge in [0.1, 0.15) is 0 Å². The quantitative estimate of drug-likeness (QED) is 0.297. The van der Waals surface area contributed by atoms with E-state index in [1.165, 1.54) is 128 Å². The third kappa shape index (κ3) is 6.76. The van der Waals surface area contributed by atoms with Crippen molar-refractivity contribution in [2.75, 3.05) is 0 Å². The fraction of sp³-hybridized carbons (Fsp3) is 1.00. The fourth-order valence-corrected chi connectivity index (χ4v) is 13.5. The van der Waals surface area contributed by atoms with E-state index >= 15 is 0 Å². The van der Waals surface area contributed by atoms with Crippen LogP contribution < -0.4 is 0 Å². The van der Waals surface area contributed by atoms with Crippen LogP contribution in [0.25, 0.3) is 0 Å². The summed E-state index contributed by atoms with van der Waals surface area (Å²) >= 11 is 0. The maximum Gasteiger partial charge on any atom is 0.0164 e. The molecule has 7 aliphatic carbocycles. The Labute approximate surface area is 274 Å². The van der Waals surface area contributed by atoms with Crippen LogP contribution in [0.4, 0.5) is 0 Å². The summed E-state index contributed by atoms with van der Waals surface area (Å²) in [5.74, 6) is 7.67. The summed E-state index contributed by atoms with van der Waals surface area (Å²) in [4.78, 5) is 6.86. The molecule has 0 aromatic rings. The highest BCUT2D eigenvalue weighted by Gasteiger charge is 2.58. The van der Waals surface area contributed by atoms with Crippen molar-refractivity contribution in [3.8, 4) is 0 Å². The van der Waals surface area contributed by atoms with Crippen molar-refractivity contribution in [2.24, 2.45) is 47.3 Å². The summed E-state index contributed by atoms with van der Waals surface area (Å²) in [5, 5.41) is 0. The van der Waals surface area contributed by atoms with E-state index in [0.29, 0.717) is 0 Å². The Morgan fingerprint density at radius 1 is 0.295 bits per heavy atom. The van der Waals surface area contributed by atoms with Gasteiger partial charge in [-0.1, -0.05) is 79.1 Å². The second kappa shape index (κ2) is 14.6. The molecule has 7 saturated carbocycles. The van der Waals surface area contributed by atoms with Crippen LogP contribution >= 0.6 is 0 Å². The molecular formula is C42H74N2. The Morgan fingerprint density at radius 3 is 1.00 bits per heavy atom. The molecule has 252 valence electrons. The molecule has 7 aliphatic rings. The third-order valence-electron chi connectivity index (χ3n) is 15.7. The monoisotopic (exact) mass is 607 g/mol. The van der Waals surface area contributed by atoms with Crippen LogP contribution in [0, 0.1) is 47.3 Å². The lowest BCUT2D eigenvalue weighted by Gasteiger charge is -2.65. The number of fused-ring (bicyclic) bond motifs is 2. The Kier molecular flexibility index (Phi) is 10.8. The number of nitrogens with zero attached hydrogens (tertiary/aromatic N) is 2. The second-order valence-corrected chi connectivity index (χ2v) is 18.8. The van der Waals surface area contributed by atoms with Gasteiger partial charge in [-0.2, -0.15) is 0 Å². The number of hydrogen-bond donors (Lipinski definition) is 0. The first kappa shape index (κ1) is 32.5. The molecule has 0 heterocycles. The minimum atomic E-state index is 0.890. The van der Waals surface area contributed by atoms with Crippen LogP contribution in [-0.2, 0) is 0 Å². The average Bonchev–Trinajstić information content (AvgIpc) is 3.05. The first-order chi connectivity index (χ1) is 21.5. The highest BCUT2D eigenvalue weighted by atomic mass is 15.3. The van der Waals surface area contributed by atoms with Crippen LogP contribution in [0.1, 0.15) is 182 Å². The van der Waals surface area contributed by atoms with Crippen molar-refractivity contribution in [3.63, 3.8) is 0 Å². The van der Waals surface area contributed by atoms with Crippen molar-refractivity contribution in [1.29, 1.82) is 0 Å². The van der Waals surface area contributed by atoms with E-state index in [2.05, 4.69) is 37.5 Å². The molecule has 6 unspecified atom stereocenters. The van der Waals surface area contributed by atoms with Gasteiger partial charge >= 0.3 is 0 Å². The Balaban J connectivity index is 1.29. The van der Waals surface area contributed by atoms with Gasteiger partial charge in [0.15, 0.2) is 0 Å². The molecule has 0 aromatic heterocycles. The Bertz CT molecular complexity index is 844. The van der Waals surface area contributed by atoms with Crippen molar-refractivity contribution in [1.82, 2.24) is 9.80 Å². The molecule has 0 amide bonds. The summed E-state index contributed by atoms with van der Waals surface area (Å²) in [6.07, 6.45) is 36.3. The van der Waals surface area contributed by atoms with Crippen LogP contribution in [0.5, 0.6) is 0 Å². The zero-order chi connectivity index (χ0) is 30.2. The zero-order valence-corrected chi connectivity index (χ0v) is 29.9. The molecule has 0 bridgehead atoms. The maximum absolute atomic E-state index is 3.43. The van der Waals surface area contributed by atoms with E-state index in [4.69, 9.17) is 0 Å². The predicted octanol–water partition coefficient (Wildman–Crippen LogP) is 11.3. The van der Waals surface area contributed by atoms with Crippen molar-refractivity contribution >= 4 is 0 Å². The maximum atomic E-state index is 3.43. The van der Waals surface area contributed by atoms with Gasteiger partial charge in [-0.25, -0.2) is 0 Å². The van der Waals surface area contributed by atoms with E-state index < -0.39 is 0 Å². The van der Waals surface area contributed by atoms with Gasteiger partial charge in [-0.05, 0) is 150 Å². The highest BCUT2D eigenvalue weighted by Crippen LogP contribution is 2.58. The molecule has 0 aromatic carbocycles. The average molecular weight is 607 g/mol. The predicted molar refractivity (Wildman–Crippen MR) is 188 cm³/mol. The van der Waals surface area contributed by atoms with Crippen LogP contribution in [0.2, 0.25) is 0 Å². The van der Waals surface area contributed by atoms with Gasteiger partial charge in [0.25, 0.3) is 0 Å². The minimum Gasteiger partial charge on any atom is -0.294 e. The molecule has 7 fully saturated rings. The second-order valence-electron chi connectivity index (χ2n) is 18.8. The molecular weight excluding hydrogens is 532 g/mol. The van der Waals surface area contributed by atoms with E-state index in [-0.39, 0.29) is 0 Å². The lowest BCUT2D eigenvalue weighted by Crippen LogP contribution is -2.69. The van der Waals surface area contributed by atoms with Crippen LogP contribution in [0.3, 0.4) is 0 Å². The number of hydrogen-bond acceptors (Lipinski definition) is 2. The topological polar surface area (TPSA) is 6.48 Å². The molecule has 2 heteroatoms.